The summed E-state index contributed by atoms with van der Waals surface area (Å²) in [6, 6.07) is 14.3. The lowest BCUT2D eigenvalue weighted by atomic mass is 10.1. The van der Waals surface area contributed by atoms with Crippen LogP contribution in [0.15, 0.2) is 54.6 Å². The SMILES string of the molecule is C[C@@H](NC(=O)COC(=O)CCC(=O)c1ccc(F)cc1)c1ccccc1. The first-order valence-electron chi connectivity index (χ1n) is 8.24. The lowest BCUT2D eigenvalue weighted by Gasteiger charge is -2.14. The zero-order chi connectivity index (χ0) is 18.9. The summed E-state index contributed by atoms with van der Waals surface area (Å²) >= 11 is 0. The van der Waals surface area contributed by atoms with E-state index in [1.807, 2.05) is 37.3 Å². The number of rotatable bonds is 8. The monoisotopic (exact) mass is 357 g/mol. The van der Waals surface area contributed by atoms with Gasteiger partial charge in [-0.15, -0.1) is 0 Å². The predicted octanol–water partition coefficient (Wildman–Crippen LogP) is 3.21. The van der Waals surface area contributed by atoms with Crippen molar-refractivity contribution in [1.82, 2.24) is 5.32 Å². The van der Waals surface area contributed by atoms with Gasteiger partial charge in [0.1, 0.15) is 5.82 Å². The molecular formula is C20H20FNO4. The van der Waals surface area contributed by atoms with Crippen LogP contribution in [0.4, 0.5) is 4.39 Å². The van der Waals surface area contributed by atoms with Crippen molar-refractivity contribution in [2.45, 2.75) is 25.8 Å². The van der Waals surface area contributed by atoms with Crippen molar-refractivity contribution in [3.05, 3.63) is 71.5 Å². The number of amides is 1. The molecule has 136 valence electrons. The molecule has 0 fully saturated rings. The Morgan fingerprint density at radius 2 is 1.65 bits per heavy atom. The van der Waals surface area contributed by atoms with E-state index in [0.717, 1.165) is 5.56 Å². The van der Waals surface area contributed by atoms with Crippen molar-refractivity contribution < 1.29 is 23.5 Å². The quantitative estimate of drug-likeness (QED) is 0.582. The number of ether oxygens (including phenoxy) is 1. The first-order valence-corrected chi connectivity index (χ1v) is 8.24. The van der Waals surface area contributed by atoms with Crippen molar-refractivity contribution in [1.29, 1.82) is 0 Å². The highest BCUT2D eigenvalue weighted by atomic mass is 19.1. The molecule has 0 heterocycles. The fourth-order valence-corrected chi connectivity index (χ4v) is 2.32. The Labute approximate surface area is 151 Å². The fourth-order valence-electron chi connectivity index (χ4n) is 2.32. The molecule has 26 heavy (non-hydrogen) atoms. The number of carbonyl (C=O) groups is 3. The number of Topliss-reactive ketones (excluding diaryl/α,β-unsaturated/α-hetero) is 1. The summed E-state index contributed by atoms with van der Waals surface area (Å²) in [6.07, 6.45) is -0.204. The van der Waals surface area contributed by atoms with Crippen LogP contribution in [0.3, 0.4) is 0 Å². The number of hydrogen-bond acceptors (Lipinski definition) is 4. The van der Waals surface area contributed by atoms with Crippen LogP contribution in [0.25, 0.3) is 0 Å². The molecule has 5 nitrogen and oxygen atoms in total. The lowest BCUT2D eigenvalue weighted by molar-refractivity contribution is -0.148. The maximum atomic E-state index is 12.8. The van der Waals surface area contributed by atoms with E-state index in [1.165, 1.54) is 24.3 Å². The number of carbonyl (C=O) groups excluding carboxylic acids is 3. The smallest absolute Gasteiger partial charge is 0.306 e. The Morgan fingerprint density at radius 1 is 1.00 bits per heavy atom. The Hall–Kier alpha value is -3.02. The number of halogens is 1. The molecule has 2 rings (SSSR count). The largest absolute Gasteiger partial charge is 0.456 e. The number of nitrogens with one attached hydrogen (secondary N) is 1. The van der Waals surface area contributed by atoms with Gasteiger partial charge in [-0.3, -0.25) is 14.4 Å². The first-order chi connectivity index (χ1) is 12.5. The third-order valence-corrected chi connectivity index (χ3v) is 3.76. The highest BCUT2D eigenvalue weighted by Gasteiger charge is 2.13. The van der Waals surface area contributed by atoms with Gasteiger partial charge < -0.3 is 10.1 Å². The first kappa shape index (κ1) is 19.3. The molecule has 0 unspecified atom stereocenters. The molecule has 1 N–H and O–H groups in total. The minimum absolute atomic E-state index is 0.0630. The van der Waals surface area contributed by atoms with Gasteiger partial charge in [-0.1, -0.05) is 30.3 Å². The maximum absolute atomic E-state index is 12.8. The van der Waals surface area contributed by atoms with Gasteiger partial charge in [-0.25, -0.2) is 4.39 Å². The van der Waals surface area contributed by atoms with Crippen molar-refractivity contribution in [2.24, 2.45) is 0 Å². The van der Waals surface area contributed by atoms with E-state index in [2.05, 4.69) is 5.32 Å². The summed E-state index contributed by atoms with van der Waals surface area (Å²) < 4.78 is 17.7. The van der Waals surface area contributed by atoms with Crippen molar-refractivity contribution in [3.63, 3.8) is 0 Å². The second kappa shape index (κ2) is 9.46. The van der Waals surface area contributed by atoms with Gasteiger partial charge in [0.2, 0.25) is 0 Å². The van der Waals surface area contributed by atoms with Crippen LogP contribution in [0.2, 0.25) is 0 Å². The summed E-state index contributed by atoms with van der Waals surface area (Å²) in [5.41, 5.74) is 1.27. The predicted molar refractivity (Wildman–Crippen MR) is 93.9 cm³/mol. The third kappa shape index (κ3) is 6.12. The van der Waals surface area contributed by atoms with Crippen LogP contribution in [0, 0.1) is 5.82 Å². The van der Waals surface area contributed by atoms with Crippen LogP contribution >= 0.6 is 0 Å². The molecule has 2 aromatic carbocycles. The minimum atomic E-state index is -0.636. The second-order valence-corrected chi connectivity index (χ2v) is 5.79. The summed E-state index contributed by atoms with van der Waals surface area (Å²) in [5, 5.41) is 2.73. The van der Waals surface area contributed by atoms with Gasteiger partial charge in [0.25, 0.3) is 5.91 Å². The normalized spacial score (nSPS) is 11.5. The third-order valence-electron chi connectivity index (χ3n) is 3.76. The average molecular weight is 357 g/mol. The molecule has 0 saturated heterocycles. The lowest BCUT2D eigenvalue weighted by Crippen LogP contribution is -2.31. The second-order valence-electron chi connectivity index (χ2n) is 5.79. The molecule has 0 bridgehead atoms. The Morgan fingerprint density at radius 3 is 2.31 bits per heavy atom. The van der Waals surface area contributed by atoms with E-state index in [0.29, 0.717) is 5.56 Å². The molecule has 0 aliphatic rings. The van der Waals surface area contributed by atoms with Crippen molar-refractivity contribution in [2.75, 3.05) is 6.61 Å². The maximum Gasteiger partial charge on any atom is 0.306 e. The van der Waals surface area contributed by atoms with Gasteiger partial charge in [-0.2, -0.15) is 0 Å². The molecule has 1 atom stereocenters. The van der Waals surface area contributed by atoms with Crippen LogP contribution in [-0.2, 0) is 14.3 Å². The Balaban J connectivity index is 1.70. The van der Waals surface area contributed by atoms with E-state index >= 15 is 0 Å². The molecule has 2 aromatic rings. The van der Waals surface area contributed by atoms with Crippen molar-refractivity contribution in [3.8, 4) is 0 Å². The highest BCUT2D eigenvalue weighted by Crippen LogP contribution is 2.11. The van der Waals surface area contributed by atoms with Crippen LogP contribution in [0.5, 0.6) is 0 Å². The molecule has 0 spiro atoms. The van der Waals surface area contributed by atoms with E-state index in [-0.39, 0.29) is 24.7 Å². The molecule has 0 aromatic heterocycles. The number of esters is 1. The molecule has 1 amide bonds. The van der Waals surface area contributed by atoms with E-state index in [9.17, 15) is 18.8 Å². The summed E-state index contributed by atoms with van der Waals surface area (Å²) in [6.45, 7) is 1.43. The van der Waals surface area contributed by atoms with Crippen molar-refractivity contribution >= 4 is 17.7 Å². The standard InChI is InChI=1S/C20H20FNO4/c1-14(15-5-3-2-4-6-15)22-19(24)13-26-20(25)12-11-18(23)16-7-9-17(21)10-8-16/h2-10,14H,11-13H2,1H3,(H,22,24)/t14-/m1/s1. The topological polar surface area (TPSA) is 72.5 Å². The molecule has 0 saturated carbocycles. The van der Waals surface area contributed by atoms with Crippen LogP contribution in [-0.4, -0.2) is 24.3 Å². The molecule has 0 aliphatic heterocycles. The summed E-state index contributed by atoms with van der Waals surface area (Å²) in [5.74, 6) is -1.77. The molecule has 6 heteroatoms. The summed E-state index contributed by atoms with van der Waals surface area (Å²) in [7, 11) is 0. The Kier molecular flexibility index (Phi) is 7.02. The van der Waals surface area contributed by atoms with Gasteiger partial charge in [0.05, 0.1) is 12.5 Å². The highest BCUT2D eigenvalue weighted by molar-refractivity contribution is 5.97. The minimum Gasteiger partial charge on any atom is -0.456 e. The van der Waals surface area contributed by atoms with E-state index < -0.39 is 24.3 Å². The number of hydrogen-bond donors (Lipinski definition) is 1. The zero-order valence-corrected chi connectivity index (χ0v) is 14.4. The van der Waals surface area contributed by atoms with Gasteiger partial charge in [0.15, 0.2) is 12.4 Å². The Bertz CT molecular complexity index is 759. The zero-order valence-electron chi connectivity index (χ0n) is 14.4. The van der Waals surface area contributed by atoms with Gasteiger partial charge in [-0.05, 0) is 36.8 Å². The summed E-state index contributed by atoms with van der Waals surface area (Å²) in [4.78, 5) is 35.4. The molecular weight excluding hydrogens is 337 g/mol. The van der Waals surface area contributed by atoms with E-state index in [1.54, 1.807) is 0 Å². The number of benzene rings is 2. The van der Waals surface area contributed by atoms with Crippen LogP contribution < -0.4 is 5.32 Å². The molecule has 0 aliphatic carbocycles. The average Bonchev–Trinajstić information content (AvgIpc) is 2.65. The number of ketones is 1. The van der Waals surface area contributed by atoms with E-state index in [4.69, 9.17) is 4.74 Å². The van der Waals surface area contributed by atoms with Crippen LogP contribution in [0.1, 0.15) is 41.7 Å². The molecule has 0 radical (unpaired) electrons. The van der Waals surface area contributed by atoms with Gasteiger partial charge in [0, 0.05) is 12.0 Å². The fraction of sp³-hybridized carbons (Fsp3) is 0.250. The van der Waals surface area contributed by atoms with Gasteiger partial charge >= 0.3 is 5.97 Å².